The molecule has 1 fully saturated rings. The largest absolute Gasteiger partial charge is 0.484 e. The number of rotatable bonds is 3. The Labute approximate surface area is 108 Å². The molecule has 0 radical (unpaired) electrons. The fourth-order valence-corrected chi connectivity index (χ4v) is 2.44. The molecule has 1 aromatic rings. The normalized spacial score (nSPS) is 23.1. The zero-order valence-electron chi connectivity index (χ0n) is 10.9. The lowest BCUT2D eigenvalue weighted by atomic mass is 10.1. The fraction of sp³-hybridized carbons (Fsp3) is 0.500. The van der Waals surface area contributed by atoms with Gasteiger partial charge in [-0.25, -0.2) is 0 Å². The Hall–Kier alpha value is -1.71. The monoisotopic (exact) mass is 248 g/mol. The van der Waals surface area contributed by atoms with E-state index in [1.165, 1.54) is 0 Å². The van der Waals surface area contributed by atoms with Gasteiger partial charge in [0, 0.05) is 18.3 Å². The number of carbonyl (C=O) groups excluding carboxylic acids is 1. The number of nitrogens with zero attached hydrogens (tertiary/aromatic N) is 1. The van der Waals surface area contributed by atoms with Gasteiger partial charge in [0.1, 0.15) is 5.75 Å². The maximum Gasteiger partial charge on any atom is 0.260 e. The van der Waals surface area contributed by atoms with E-state index >= 15 is 0 Å². The second-order valence-electron chi connectivity index (χ2n) is 5.09. The number of amides is 1. The number of likely N-dealkylation sites (tertiary alicyclic amines) is 1. The summed E-state index contributed by atoms with van der Waals surface area (Å²) in [6, 6.07) is 7.40. The van der Waals surface area contributed by atoms with Gasteiger partial charge in [0.15, 0.2) is 6.61 Å². The fourth-order valence-electron chi connectivity index (χ4n) is 2.44. The van der Waals surface area contributed by atoms with E-state index in [4.69, 9.17) is 10.5 Å². The highest BCUT2D eigenvalue weighted by Gasteiger charge is 2.29. The molecule has 1 amide bonds. The van der Waals surface area contributed by atoms with Gasteiger partial charge in [-0.15, -0.1) is 0 Å². The van der Waals surface area contributed by atoms with E-state index in [1.807, 2.05) is 4.90 Å². The molecule has 0 aromatic heterocycles. The molecular weight excluding hydrogens is 228 g/mol. The minimum Gasteiger partial charge on any atom is -0.484 e. The number of nitrogens with two attached hydrogens (primary N) is 1. The number of ether oxygens (including phenoxy) is 1. The Morgan fingerprint density at radius 2 is 2.06 bits per heavy atom. The maximum atomic E-state index is 12.0. The van der Waals surface area contributed by atoms with Gasteiger partial charge in [-0.1, -0.05) is 6.92 Å². The zero-order valence-corrected chi connectivity index (χ0v) is 10.9. The summed E-state index contributed by atoms with van der Waals surface area (Å²) in [5.41, 5.74) is 6.28. The van der Waals surface area contributed by atoms with E-state index in [0.29, 0.717) is 23.4 Å². The third kappa shape index (κ3) is 2.94. The van der Waals surface area contributed by atoms with E-state index in [0.717, 1.165) is 13.0 Å². The van der Waals surface area contributed by atoms with Crippen molar-refractivity contribution >= 4 is 11.6 Å². The van der Waals surface area contributed by atoms with Crippen molar-refractivity contribution in [3.63, 3.8) is 0 Å². The van der Waals surface area contributed by atoms with Crippen molar-refractivity contribution in [1.29, 1.82) is 0 Å². The zero-order chi connectivity index (χ0) is 13.1. The van der Waals surface area contributed by atoms with Crippen LogP contribution in [-0.4, -0.2) is 30.0 Å². The Balaban J connectivity index is 1.86. The van der Waals surface area contributed by atoms with Crippen molar-refractivity contribution in [2.75, 3.05) is 18.9 Å². The first-order chi connectivity index (χ1) is 8.56. The molecule has 4 heteroatoms. The summed E-state index contributed by atoms with van der Waals surface area (Å²) in [4.78, 5) is 13.9. The molecule has 0 spiro atoms. The lowest BCUT2D eigenvalue weighted by Crippen LogP contribution is -2.37. The standard InChI is InChI=1S/C14H20N2O2/c1-10-7-11(2)16(8-10)14(17)9-18-13-5-3-12(15)4-6-13/h3-6,10-11H,7-9,15H2,1-2H3. The molecule has 2 N–H and O–H groups in total. The van der Waals surface area contributed by atoms with E-state index in [2.05, 4.69) is 13.8 Å². The number of benzene rings is 1. The average molecular weight is 248 g/mol. The Morgan fingerprint density at radius 3 is 2.61 bits per heavy atom. The summed E-state index contributed by atoms with van der Waals surface area (Å²) in [6.45, 7) is 5.20. The molecule has 1 heterocycles. The molecule has 4 nitrogen and oxygen atoms in total. The molecular formula is C14H20N2O2. The summed E-state index contributed by atoms with van der Waals surface area (Å²) in [5, 5.41) is 0. The molecule has 2 atom stereocenters. The van der Waals surface area contributed by atoms with Gasteiger partial charge in [-0.2, -0.15) is 0 Å². The van der Waals surface area contributed by atoms with Crippen LogP contribution in [0.3, 0.4) is 0 Å². The SMILES string of the molecule is CC1CC(C)N(C(=O)COc2ccc(N)cc2)C1. The number of hydrogen-bond donors (Lipinski definition) is 1. The van der Waals surface area contributed by atoms with Gasteiger partial charge in [-0.3, -0.25) is 4.79 Å². The Kier molecular flexibility index (Phi) is 3.75. The van der Waals surface area contributed by atoms with Crippen molar-refractivity contribution in [3.8, 4) is 5.75 Å². The molecule has 98 valence electrons. The van der Waals surface area contributed by atoms with E-state index in [9.17, 15) is 4.79 Å². The van der Waals surface area contributed by atoms with Gasteiger partial charge in [-0.05, 0) is 43.5 Å². The lowest BCUT2D eigenvalue weighted by molar-refractivity contribution is -0.134. The van der Waals surface area contributed by atoms with Crippen molar-refractivity contribution in [1.82, 2.24) is 4.90 Å². The molecule has 2 rings (SSSR count). The average Bonchev–Trinajstić information content (AvgIpc) is 2.67. The molecule has 1 aliphatic rings. The number of nitrogen functional groups attached to an aromatic ring is 1. The van der Waals surface area contributed by atoms with Crippen LogP contribution in [0.1, 0.15) is 20.3 Å². The van der Waals surface area contributed by atoms with Gasteiger partial charge in [0.2, 0.25) is 0 Å². The topological polar surface area (TPSA) is 55.6 Å². The highest BCUT2D eigenvalue weighted by molar-refractivity contribution is 5.78. The molecule has 0 aliphatic carbocycles. The summed E-state index contributed by atoms with van der Waals surface area (Å²) in [5.74, 6) is 1.32. The number of carbonyl (C=O) groups is 1. The summed E-state index contributed by atoms with van der Waals surface area (Å²) in [7, 11) is 0. The minimum absolute atomic E-state index is 0.0590. The van der Waals surface area contributed by atoms with E-state index in [-0.39, 0.29) is 12.5 Å². The van der Waals surface area contributed by atoms with Crippen LogP contribution in [0.15, 0.2) is 24.3 Å². The summed E-state index contributed by atoms with van der Waals surface area (Å²) in [6.07, 6.45) is 1.08. The van der Waals surface area contributed by atoms with Crippen molar-refractivity contribution in [2.24, 2.45) is 5.92 Å². The summed E-state index contributed by atoms with van der Waals surface area (Å²) >= 11 is 0. The van der Waals surface area contributed by atoms with Gasteiger partial charge in [0.05, 0.1) is 0 Å². The Bertz CT molecular complexity index is 416. The number of hydrogen-bond acceptors (Lipinski definition) is 3. The van der Waals surface area contributed by atoms with Crippen LogP contribution in [0.25, 0.3) is 0 Å². The van der Waals surface area contributed by atoms with Crippen molar-refractivity contribution in [2.45, 2.75) is 26.3 Å². The molecule has 1 aromatic carbocycles. The van der Waals surface area contributed by atoms with Crippen LogP contribution >= 0.6 is 0 Å². The molecule has 2 unspecified atom stereocenters. The molecule has 1 saturated heterocycles. The summed E-state index contributed by atoms with van der Waals surface area (Å²) < 4.78 is 5.47. The quantitative estimate of drug-likeness (QED) is 0.831. The van der Waals surface area contributed by atoms with Crippen molar-refractivity contribution in [3.05, 3.63) is 24.3 Å². The van der Waals surface area contributed by atoms with Crippen LogP contribution < -0.4 is 10.5 Å². The van der Waals surface area contributed by atoms with E-state index in [1.54, 1.807) is 24.3 Å². The predicted molar refractivity (Wildman–Crippen MR) is 71.3 cm³/mol. The van der Waals surface area contributed by atoms with Crippen LogP contribution in [0.5, 0.6) is 5.75 Å². The number of anilines is 1. The van der Waals surface area contributed by atoms with Crippen LogP contribution in [0, 0.1) is 5.92 Å². The lowest BCUT2D eigenvalue weighted by Gasteiger charge is -2.21. The van der Waals surface area contributed by atoms with Gasteiger partial charge < -0.3 is 15.4 Å². The first kappa shape index (κ1) is 12.7. The van der Waals surface area contributed by atoms with Crippen LogP contribution in [0.4, 0.5) is 5.69 Å². The predicted octanol–water partition coefficient (Wildman–Crippen LogP) is 1.90. The second kappa shape index (κ2) is 5.29. The van der Waals surface area contributed by atoms with Crippen LogP contribution in [0.2, 0.25) is 0 Å². The van der Waals surface area contributed by atoms with Gasteiger partial charge >= 0.3 is 0 Å². The van der Waals surface area contributed by atoms with Gasteiger partial charge in [0.25, 0.3) is 5.91 Å². The molecule has 18 heavy (non-hydrogen) atoms. The van der Waals surface area contributed by atoms with Crippen LogP contribution in [-0.2, 0) is 4.79 Å². The Morgan fingerprint density at radius 1 is 1.39 bits per heavy atom. The molecule has 0 saturated carbocycles. The molecule has 1 aliphatic heterocycles. The highest BCUT2D eigenvalue weighted by atomic mass is 16.5. The van der Waals surface area contributed by atoms with Crippen molar-refractivity contribution < 1.29 is 9.53 Å². The first-order valence-electron chi connectivity index (χ1n) is 6.34. The smallest absolute Gasteiger partial charge is 0.260 e. The third-order valence-corrected chi connectivity index (χ3v) is 3.35. The first-order valence-corrected chi connectivity index (χ1v) is 6.34. The van der Waals surface area contributed by atoms with E-state index < -0.39 is 0 Å². The third-order valence-electron chi connectivity index (χ3n) is 3.35. The molecule has 0 bridgehead atoms. The second-order valence-corrected chi connectivity index (χ2v) is 5.09. The highest BCUT2D eigenvalue weighted by Crippen LogP contribution is 2.22. The minimum atomic E-state index is 0.0590. The maximum absolute atomic E-state index is 12.0.